The summed E-state index contributed by atoms with van der Waals surface area (Å²) in [6.45, 7) is 0. The molecule has 0 aliphatic rings. The van der Waals surface area contributed by atoms with E-state index in [0.29, 0.717) is 9.21 Å². The summed E-state index contributed by atoms with van der Waals surface area (Å²) in [5.41, 5.74) is -0.136. The molecule has 2 aromatic rings. The summed E-state index contributed by atoms with van der Waals surface area (Å²) in [6.07, 6.45) is 0. The van der Waals surface area contributed by atoms with Crippen LogP contribution in [0.5, 0.6) is 0 Å². The molecule has 5 heteroatoms. The summed E-state index contributed by atoms with van der Waals surface area (Å²) < 4.78 is 27.4. The smallest absolute Gasteiger partial charge is 0.131 e. The van der Waals surface area contributed by atoms with Crippen LogP contribution in [0.15, 0.2) is 30.3 Å². The van der Waals surface area contributed by atoms with Crippen molar-refractivity contribution in [2.75, 3.05) is 0 Å². The van der Waals surface area contributed by atoms with Crippen LogP contribution in [0.4, 0.5) is 8.78 Å². The zero-order chi connectivity index (χ0) is 11.7. The minimum atomic E-state index is -0.848. The van der Waals surface area contributed by atoms with Crippen LogP contribution in [0.25, 0.3) is 0 Å². The SMILES string of the molecule is Fc1cccc(F)c1C(Cl)c1ccc(Cl)s1. The molecule has 84 valence electrons. The van der Waals surface area contributed by atoms with Crippen molar-refractivity contribution in [3.8, 4) is 0 Å². The van der Waals surface area contributed by atoms with Gasteiger partial charge in [0.2, 0.25) is 0 Å². The highest BCUT2D eigenvalue weighted by molar-refractivity contribution is 7.16. The molecule has 0 spiro atoms. The Morgan fingerprint density at radius 1 is 1.06 bits per heavy atom. The lowest BCUT2D eigenvalue weighted by molar-refractivity contribution is 0.560. The molecule has 1 aromatic carbocycles. The molecule has 0 aliphatic heterocycles. The first-order valence-electron chi connectivity index (χ1n) is 4.43. The van der Waals surface area contributed by atoms with Crippen molar-refractivity contribution >= 4 is 34.5 Å². The summed E-state index contributed by atoms with van der Waals surface area (Å²) >= 11 is 13.0. The highest BCUT2D eigenvalue weighted by Crippen LogP contribution is 2.37. The molecule has 1 heterocycles. The van der Waals surface area contributed by atoms with E-state index < -0.39 is 17.0 Å². The maximum Gasteiger partial charge on any atom is 0.131 e. The van der Waals surface area contributed by atoms with Crippen LogP contribution in [-0.2, 0) is 0 Å². The summed E-state index contributed by atoms with van der Waals surface area (Å²) in [5, 5.41) is -0.848. The highest BCUT2D eigenvalue weighted by atomic mass is 35.5. The molecular formula is C11H6Cl2F2S. The first-order valence-corrected chi connectivity index (χ1v) is 6.06. The van der Waals surface area contributed by atoms with Gasteiger partial charge in [0.05, 0.1) is 9.71 Å². The third-order valence-electron chi connectivity index (χ3n) is 2.10. The molecule has 2 rings (SSSR count). The number of benzene rings is 1. The first-order chi connectivity index (χ1) is 7.59. The molecule has 0 N–H and O–H groups in total. The Morgan fingerprint density at radius 3 is 2.19 bits per heavy atom. The molecule has 0 nitrogen and oxygen atoms in total. The second kappa shape index (κ2) is 4.70. The molecule has 0 radical (unpaired) electrons. The lowest BCUT2D eigenvalue weighted by Crippen LogP contribution is -1.98. The fourth-order valence-electron chi connectivity index (χ4n) is 1.36. The fourth-order valence-corrected chi connectivity index (χ4v) is 2.82. The summed E-state index contributed by atoms with van der Waals surface area (Å²) in [6, 6.07) is 6.98. The maximum absolute atomic E-state index is 13.4. The van der Waals surface area contributed by atoms with Gasteiger partial charge in [-0.2, -0.15) is 0 Å². The lowest BCUT2D eigenvalue weighted by atomic mass is 10.1. The second-order valence-corrected chi connectivity index (χ2v) is 5.32. The highest BCUT2D eigenvalue weighted by Gasteiger charge is 2.20. The predicted octanol–water partition coefficient (Wildman–Crippen LogP) is 5.01. The van der Waals surface area contributed by atoms with E-state index in [1.54, 1.807) is 12.1 Å². The van der Waals surface area contributed by atoms with Crippen LogP contribution in [0.3, 0.4) is 0 Å². The number of halogens is 4. The zero-order valence-electron chi connectivity index (χ0n) is 7.88. The third kappa shape index (κ3) is 2.21. The molecule has 0 aliphatic carbocycles. The van der Waals surface area contributed by atoms with Gasteiger partial charge >= 0.3 is 0 Å². The van der Waals surface area contributed by atoms with Crippen LogP contribution < -0.4 is 0 Å². The van der Waals surface area contributed by atoms with E-state index in [4.69, 9.17) is 23.2 Å². The predicted molar refractivity (Wildman–Crippen MR) is 63.4 cm³/mol. The Labute approximate surface area is 105 Å². The Balaban J connectivity index is 2.45. The minimum Gasteiger partial charge on any atom is -0.207 e. The van der Waals surface area contributed by atoms with Crippen LogP contribution in [-0.4, -0.2) is 0 Å². The number of hydrogen-bond donors (Lipinski definition) is 0. The van der Waals surface area contributed by atoms with Gasteiger partial charge in [-0.25, -0.2) is 8.78 Å². The molecular weight excluding hydrogens is 273 g/mol. The fraction of sp³-hybridized carbons (Fsp3) is 0.0909. The van der Waals surface area contributed by atoms with E-state index in [2.05, 4.69) is 0 Å². The third-order valence-corrected chi connectivity index (χ3v) is 3.98. The molecule has 0 amide bonds. The zero-order valence-corrected chi connectivity index (χ0v) is 10.2. The number of hydrogen-bond acceptors (Lipinski definition) is 1. The van der Waals surface area contributed by atoms with E-state index in [0.717, 1.165) is 0 Å². The van der Waals surface area contributed by atoms with Crippen LogP contribution in [0.1, 0.15) is 15.8 Å². The van der Waals surface area contributed by atoms with E-state index in [1.807, 2.05) is 0 Å². The van der Waals surface area contributed by atoms with Gasteiger partial charge in [-0.05, 0) is 24.3 Å². The summed E-state index contributed by atoms with van der Waals surface area (Å²) in [5.74, 6) is -1.30. The number of thiophene rings is 1. The normalized spacial score (nSPS) is 12.8. The molecule has 1 unspecified atom stereocenters. The van der Waals surface area contributed by atoms with Gasteiger partial charge in [0.25, 0.3) is 0 Å². The Kier molecular flexibility index (Phi) is 3.47. The first kappa shape index (κ1) is 11.8. The van der Waals surface area contributed by atoms with Gasteiger partial charge in [0.1, 0.15) is 11.6 Å². The van der Waals surface area contributed by atoms with Crippen molar-refractivity contribution in [1.82, 2.24) is 0 Å². The molecule has 0 fully saturated rings. The van der Waals surface area contributed by atoms with E-state index >= 15 is 0 Å². The van der Waals surface area contributed by atoms with Gasteiger partial charge in [-0.1, -0.05) is 17.7 Å². The van der Waals surface area contributed by atoms with Crippen molar-refractivity contribution in [1.29, 1.82) is 0 Å². The molecule has 1 aromatic heterocycles. The quantitative estimate of drug-likeness (QED) is 0.678. The van der Waals surface area contributed by atoms with E-state index in [9.17, 15) is 8.78 Å². The maximum atomic E-state index is 13.4. The minimum absolute atomic E-state index is 0.136. The lowest BCUT2D eigenvalue weighted by Gasteiger charge is -2.09. The van der Waals surface area contributed by atoms with Gasteiger partial charge in [-0.15, -0.1) is 22.9 Å². The van der Waals surface area contributed by atoms with Crippen molar-refractivity contribution in [3.05, 3.63) is 56.7 Å². The van der Waals surface area contributed by atoms with Crippen molar-refractivity contribution in [3.63, 3.8) is 0 Å². The standard InChI is InChI=1S/C11H6Cl2F2S/c12-9-5-4-8(16-9)11(13)10-6(14)2-1-3-7(10)15/h1-5,11H. The topological polar surface area (TPSA) is 0 Å². The van der Waals surface area contributed by atoms with E-state index in [1.165, 1.54) is 29.5 Å². The van der Waals surface area contributed by atoms with E-state index in [-0.39, 0.29) is 5.56 Å². The average molecular weight is 279 g/mol. The van der Waals surface area contributed by atoms with Crippen molar-refractivity contribution in [2.45, 2.75) is 5.38 Å². The van der Waals surface area contributed by atoms with Crippen LogP contribution in [0.2, 0.25) is 4.34 Å². The van der Waals surface area contributed by atoms with Crippen LogP contribution in [0, 0.1) is 11.6 Å². The summed E-state index contributed by atoms with van der Waals surface area (Å²) in [4.78, 5) is 0.621. The largest absolute Gasteiger partial charge is 0.207 e. The van der Waals surface area contributed by atoms with Gasteiger partial charge in [0.15, 0.2) is 0 Å². The molecule has 16 heavy (non-hydrogen) atoms. The molecule has 0 saturated carbocycles. The molecule has 1 atom stereocenters. The Hall–Kier alpha value is -0.640. The Morgan fingerprint density at radius 2 is 1.69 bits per heavy atom. The van der Waals surface area contributed by atoms with Gasteiger partial charge < -0.3 is 0 Å². The van der Waals surface area contributed by atoms with Gasteiger partial charge in [0, 0.05) is 10.4 Å². The Bertz CT molecular complexity index is 490. The van der Waals surface area contributed by atoms with Crippen molar-refractivity contribution < 1.29 is 8.78 Å². The average Bonchev–Trinajstić information content (AvgIpc) is 2.64. The number of rotatable bonds is 2. The molecule has 0 saturated heterocycles. The van der Waals surface area contributed by atoms with Crippen molar-refractivity contribution in [2.24, 2.45) is 0 Å². The summed E-state index contributed by atoms with van der Waals surface area (Å²) in [7, 11) is 0. The van der Waals surface area contributed by atoms with Gasteiger partial charge in [-0.3, -0.25) is 0 Å². The monoisotopic (exact) mass is 278 g/mol. The second-order valence-electron chi connectivity index (χ2n) is 3.14. The van der Waals surface area contributed by atoms with Crippen LogP contribution >= 0.6 is 34.5 Å². The molecule has 0 bridgehead atoms. The number of alkyl halides is 1.